The normalized spacial score (nSPS) is 28.3. The SMILES string of the molecule is COc1nc(Cl)nc(N2CC(C)CC(C)C2C)n1. The third-order valence-electron chi connectivity index (χ3n) is 3.61. The van der Waals surface area contributed by atoms with E-state index in [4.69, 9.17) is 16.3 Å². The van der Waals surface area contributed by atoms with Gasteiger partial charge in [0.05, 0.1) is 7.11 Å². The first-order valence-corrected chi connectivity index (χ1v) is 6.61. The number of nitrogens with zero attached hydrogens (tertiary/aromatic N) is 4. The van der Waals surface area contributed by atoms with E-state index in [1.54, 1.807) is 0 Å². The molecule has 1 aromatic rings. The highest BCUT2D eigenvalue weighted by atomic mass is 35.5. The van der Waals surface area contributed by atoms with Gasteiger partial charge in [0, 0.05) is 12.6 Å². The molecule has 6 heteroatoms. The predicted molar refractivity (Wildman–Crippen MR) is 71.1 cm³/mol. The molecule has 1 aromatic heterocycles. The van der Waals surface area contributed by atoms with E-state index in [0.717, 1.165) is 6.54 Å². The van der Waals surface area contributed by atoms with Crippen LogP contribution in [-0.2, 0) is 0 Å². The van der Waals surface area contributed by atoms with Crippen LogP contribution in [0.2, 0.25) is 5.28 Å². The van der Waals surface area contributed by atoms with Gasteiger partial charge in [-0.2, -0.15) is 15.0 Å². The highest BCUT2D eigenvalue weighted by molar-refractivity contribution is 6.28. The molecule has 0 saturated carbocycles. The van der Waals surface area contributed by atoms with Crippen molar-refractivity contribution in [2.75, 3.05) is 18.6 Å². The lowest BCUT2D eigenvalue weighted by Gasteiger charge is -2.41. The van der Waals surface area contributed by atoms with Gasteiger partial charge >= 0.3 is 6.01 Å². The molecule has 0 radical (unpaired) electrons. The molecule has 0 spiro atoms. The van der Waals surface area contributed by atoms with Gasteiger partial charge in [-0.15, -0.1) is 0 Å². The lowest BCUT2D eigenvalue weighted by atomic mass is 9.86. The van der Waals surface area contributed by atoms with Gasteiger partial charge in [0.15, 0.2) is 0 Å². The fraction of sp³-hybridized carbons (Fsp3) is 0.750. The van der Waals surface area contributed by atoms with Crippen LogP contribution in [0.5, 0.6) is 6.01 Å². The second-order valence-electron chi connectivity index (χ2n) is 5.10. The third kappa shape index (κ3) is 2.66. The Morgan fingerprint density at radius 2 is 1.94 bits per heavy atom. The van der Waals surface area contributed by atoms with Gasteiger partial charge in [0.25, 0.3) is 0 Å². The Balaban J connectivity index is 2.31. The molecular weight excluding hydrogens is 252 g/mol. The largest absolute Gasteiger partial charge is 0.467 e. The highest BCUT2D eigenvalue weighted by Crippen LogP contribution is 2.30. The first-order chi connectivity index (χ1) is 8.51. The van der Waals surface area contributed by atoms with Crippen LogP contribution in [0.1, 0.15) is 27.2 Å². The monoisotopic (exact) mass is 270 g/mol. The Bertz CT molecular complexity index is 429. The standard InChI is InChI=1S/C12H19ClN4O/c1-7-5-8(2)9(3)17(6-7)11-14-10(13)15-12(16-11)18-4/h7-9H,5-6H2,1-4H3. The average molecular weight is 271 g/mol. The van der Waals surface area contributed by atoms with Crippen molar-refractivity contribution in [3.63, 3.8) is 0 Å². The Morgan fingerprint density at radius 1 is 1.22 bits per heavy atom. The van der Waals surface area contributed by atoms with Crippen LogP contribution >= 0.6 is 11.6 Å². The van der Waals surface area contributed by atoms with Crippen molar-refractivity contribution >= 4 is 17.5 Å². The first-order valence-electron chi connectivity index (χ1n) is 6.23. The number of halogens is 1. The quantitative estimate of drug-likeness (QED) is 0.826. The Morgan fingerprint density at radius 3 is 2.61 bits per heavy atom. The minimum absolute atomic E-state index is 0.176. The second-order valence-corrected chi connectivity index (χ2v) is 5.44. The summed E-state index contributed by atoms with van der Waals surface area (Å²) in [7, 11) is 1.53. The van der Waals surface area contributed by atoms with Crippen LogP contribution in [0.15, 0.2) is 0 Å². The van der Waals surface area contributed by atoms with E-state index < -0.39 is 0 Å². The number of aromatic nitrogens is 3. The van der Waals surface area contributed by atoms with Gasteiger partial charge in [0.1, 0.15) is 0 Å². The van der Waals surface area contributed by atoms with Crippen LogP contribution in [-0.4, -0.2) is 34.6 Å². The van der Waals surface area contributed by atoms with Crippen molar-refractivity contribution in [2.45, 2.75) is 33.2 Å². The summed E-state index contributed by atoms with van der Waals surface area (Å²) >= 11 is 5.90. The van der Waals surface area contributed by atoms with Gasteiger partial charge in [-0.25, -0.2) is 0 Å². The summed E-state index contributed by atoms with van der Waals surface area (Å²) in [6, 6.07) is 0.660. The molecule has 0 amide bonds. The van der Waals surface area contributed by atoms with Crippen molar-refractivity contribution in [1.82, 2.24) is 15.0 Å². The van der Waals surface area contributed by atoms with Crippen LogP contribution in [0.25, 0.3) is 0 Å². The van der Waals surface area contributed by atoms with E-state index in [1.165, 1.54) is 13.5 Å². The molecule has 0 bridgehead atoms. The van der Waals surface area contributed by atoms with E-state index in [-0.39, 0.29) is 11.3 Å². The molecule has 3 atom stereocenters. The van der Waals surface area contributed by atoms with Gasteiger partial charge < -0.3 is 9.64 Å². The van der Waals surface area contributed by atoms with Crippen molar-refractivity contribution < 1.29 is 4.74 Å². The van der Waals surface area contributed by atoms with Crippen molar-refractivity contribution in [2.24, 2.45) is 11.8 Å². The molecule has 3 unspecified atom stereocenters. The molecule has 5 nitrogen and oxygen atoms in total. The molecule has 2 heterocycles. The third-order valence-corrected chi connectivity index (χ3v) is 3.78. The minimum atomic E-state index is 0.176. The van der Waals surface area contributed by atoms with Crippen LogP contribution in [0.4, 0.5) is 5.95 Å². The topological polar surface area (TPSA) is 51.1 Å². The molecule has 18 heavy (non-hydrogen) atoms. The maximum atomic E-state index is 5.90. The fourth-order valence-corrected chi connectivity index (χ4v) is 2.67. The summed E-state index contributed by atoms with van der Waals surface area (Å²) in [5.41, 5.74) is 0. The summed E-state index contributed by atoms with van der Waals surface area (Å²) in [6.07, 6.45) is 1.23. The zero-order valence-corrected chi connectivity index (χ0v) is 12.0. The number of hydrogen-bond donors (Lipinski definition) is 0. The average Bonchev–Trinajstić information content (AvgIpc) is 2.32. The Kier molecular flexibility index (Phi) is 3.90. The zero-order chi connectivity index (χ0) is 13.3. The van der Waals surface area contributed by atoms with Crippen molar-refractivity contribution in [1.29, 1.82) is 0 Å². The lowest BCUT2D eigenvalue weighted by Crippen LogP contribution is -2.46. The van der Waals surface area contributed by atoms with Gasteiger partial charge in [-0.1, -0.05) is 13.8 Å². The maximum absolute atomic E-state index is 5.90. The van der Waals surface area contributed by atoms with E-state index in [1.807, 2.05) is 0 Å². The molecule has 1 saturated heterocycles. The number of hydrogen-bond acceptors (Lipinski definition) is 5. The molecule has 2 rings (SSSR count). The number of anilines is 1. The van der Waals surface area contributed by atoms with Gasteiger partial charge in [-0.3, -0.25) is 0 Å². The van der Waals surface area contributed by atoms with Gasteiger partial charge in [0.2, 0.25) is 11.2 Å². The van der Waals surface area contributed by atoms with E-state index in [0.29, 0.717) is 23.8 Å². The predicted octanol–water partition coefficient (Wildman–Crippen LogP) is 2.40. The van der Waals surface area contributed by atoms with Crippen molar-refractivity contribution in [3.8, 4) is 6.01 Å². The van der Waals surface area contributed by atoms with E-state index >= 15 is 0 Å². The number of rotatable bonds is 2. The summed E-state index contributed by atoms with van der Waals surface area (Å²) < 4.78 is 5.04. The summed E-state index contributed by atoms with van der Waals surface area (Å²) in [5, 5.41) is 0.176. The molecular formula is C12H19ClN4O. The summed E-state index contributed by atoms with van der Waals surface area (Å²) in [5.74, 6) is 1.84. The van der Waals surface area contributed by atoms with Crippen LogP contribution < -0.4 is 9.64 Å². The van der Waals surface area contributed by atoms with Gasteiger partial charge in [-0.05, 0) is 36.8 Å². The molecule has 1 aliphatic rings. The minimum Gasteiger partial charge on any atom is -0.467 e. The fourth-order valence-electron chi connectivity index (χ4n) is 2.52. The maximum Gasteiger partial charge on any atom is 0.322 e. The van der Waals surface area contributed by atoms with Crippen LogP contribution in [0.3, 0.4) is 0 Å². The zero-order valence-electron chi connectivity index (χ0n) is 11.2. The van der Waals surface area contributed by atoms with Crippen LogP contribution in [0, 0.1) is 11.8 Å². The molecule has 0 aliphatic carbocycles. The first kappa shape index (κ1) is 13.3. The number of methoxy groups -OCH3 is 1. The highest BCUT2D eigenvalue weighted by Gasteiger charge is 2.30. The van der Waals surface area contributed by atoms with E-state index in [2.05, 4.69) is 40.6 Å². The molecule has 100 valence electrons. The summed E-state index contributed by atoms with van der Waals surface area (Å²) in [6.45, 7) is 7.64. The number of ether oxygens (including phenoxy) is 1. The molecule has 1 aliphatic heterocycles. The second kappa shape index (κ2) is 5.26. The molecule has 0 aromatic carbocycles. The van der Waals surface area contributed by atoms with E-state index in [9.17, 15) is 0 Å². The Labute approximate surface area is 113 Å². The Hall–Kier alpha value is -1.10. The van der Waals surface area contributed by atoms with Crippen molar-refractivity contribution in [3.05, 3.63) is 5.28 Å². The smallest absolute Gasteiger partial charge is 0.322 e. The summed E-state index contributed by atoms with van der Waals surface area (Å²) in [4.78, 5) is 14.6. The molecule has 1 fully saturated rings. The lowest BCUT2D eigenvalue weighted by molar-refractivity contribution is 0.292. The molecule has 0 N–H and O–H groups in total. The number of piperidine rings is 1.